The number of fused-ring (bicyclic) bond motifs is 1. The highest BCUT2D eigenvalue weighted by molar-refractivity contribution is 7.99. The standard InChI is InChI=1S/C22H17FN8OS/c1-13-12-19(29-28-13)26-20-17-5-3-11-31(17)30-22(27-20)33-15-9-7-14(8-10-15)24-21(32)16-4-2-6-18(23)25-16/h2-12H,1H3,(H,24,32)(H2,26,27,28,29,30). The van der Waals surface area contributed by atoms with Gasteiger partial charge in [-0.25, -0.2) is 14.5 Å². The van der Waals surface area contributed by atoms with Gasteiger partial charge in [0.25, 0.3) is 5.91 Å². The molecule has 0 fully saturated rings. The van der Waals surface area contributed by atoms with Crippen molar-refractivity contribution in [3.8, 4) is 0 Å². The second kappa shape index (κ2) is 8.71. The Morgan fingerprint density at radius 2 is 1.94 bits per heavy atom. The number of nitrogens with one attached hydrogen (secondary N) is 3. The molecule has 0 bridgehead atoms. The second-order valence-electron chi connectivity index (χ2n) is 7.07. The molecule has 4 heterocycles. The fraction of sp³-hybridized carbons (Fsp3) is 0.0455. The lowest BCUT2D eigenvalue weighted by atomic mass is 10.3. The molecule has 0 saturated carbocycles. The molecule has 9 nitrogen and oxygen atoms in total. The van der Waals surface area contributed by atoms with E-state index < -0.39 is 11.9 Å². The molecule has 11 heteroatoms. The summed E-state index contributed by atoms with van der Waals surface area (Å²) in [6, 6.07) is 17.0. The van der Waals surface area contributed by atoms with Crippen LogP contribution >= 0.6 is 11.8 Å². The zero-order valence-electron chi connectivity index (χ0n) is 17.3. The number of nitrogens with zero attached hydrogens (tertiary/aromatic N) is 5. The van der Waals surface area contributed by atoms with Crippen LogP contribution in [-0.2, 0) is 0 Å². The Kier molecular flexibility index (Phi) is 5.45. The van der Waals surface area contributed by atoms with Gasteiger partial charge in [-0.15, -0.1) is 5.10 Å². The Balaban J connectivity index is 1.33. The number of carbonyl (C=O) groups is 1. The van der Waals surface area contributed by atoms with Gasteiger partial charge in [-0.3, -0.25) is 9.89 Å². The van der Waals surface area contributed by atoms with Gasteiger partial charge in [-0.1, -0.05) is 6.07 Å². The third-order valence-corrected chi connectivity index (χ3v) is 5.46. The Bertz CT molecular complexity index is 1450. The molecule has 0 atom stereocenters. The number of anilines is 3. The molecule has 0 saturated heterocycles. The Morgan fingerprint density at radius 3 is 2.70 bits per heavy atom. The van der Waals surface area contributed by atoms with E-state index in [1.54, 1.807) is 16.6 Å². The molecule has 3 N–H and O–H groups in total. The molecule has 1 aromatic carbocycles. The number of aryl methyl sites for hydroxylation is 1. The first-order chi connectivity index (χ1) is 16.0. The van der Waals surface area contributed by atoms with E-state index in [1.807, 2.05) is 43.5 Å². The smallest absolute Gasteiger partial charge is 0.274 e. The lowest BCUT2D eigenvalue weighted by Crippen LogP contribution is -2.14. The van der Waals surface area contributed by atoms with Gasteiger partial charge < -0.3 is 10.6 Å². The molecule has 4 aromatic heterocycles. The number of rotatable bonds is 6. The first kappa shape index (κ1) is 20.6. The van der Waals surface area contributed by atoms with Crippen molar-refractivity contribution < 1.29 is 9.18 Å². The summed E-state index contributed by atoms with van der Waals surface area (Å²) < 4.78 is 15.0. The highest BCUT2D eigenvalue weighted by atomic mass is 32.2. The minimum Gasteiger partial charge on any atom is -0.322 e. The molecule has 0 aliphatic heterocycles. The molecule has 33 heavy (non-hydrogen) atoms. The van der Waals surface area contributed by atoms with Gasteiger partial charge in [0, 0.05) is 28.5 Å². The van der Waals surface area contributed by atoms with E-state index in [4.69, 9.17) is 0 Å². The minimum atomic E-state index is -0.703. The van der Waals surface area contributed by atoms with E-state index in [0.29, 0.717) is 22.5 Å². The van der Waals surface area contributed by atoms with Crippen molar-refractivity contribution in [2.24, 2.45) is 0 Å². The minimum absolute atomic E-state index is 0.00834. The normalized spacial score (nSPS) is 11.0. The quantitative estimate of drug-likeness (QED) is 0.321. The van der Waals surface area contributed by atoms with Gasteiger partial charge in [-0.2, -0.15) is 9.49 Å². The van der Waals surface area contributed by atoms with Crippen LogP contribution in [0.3, 0.4) is 0 Å². The van der Waals surface area contributed by atoms with Crippen LogP contribution in [0, 0.1) is 12.9 Å². The Labute approximate surface area is 191 Å². The van der Waals surface area contributed by atoms with Crippen LogP contribution in [0.1, 0.15) is 16.2 Å². The van der Waals surface area contributed by atoms with Gasteiger partial charge in [0.1, 0.15) is 11.2 Å². The summed E-state index contributed by atoms with van der Waals surface area (Å²) in [5.41, 5.74) is 2.33. The lowest BCUT2D eigenvalue weighted by molar-refractivity contribution is 0.102. The summed E-state index contributed by atoms with van der Waals surface area (Å²) in [5.74, 6) is 0.111. The summed E-state index contributed by atoms with van der Waals surface area (Å²) in [6.45, 7) is 1.92. The third-order valence-electron chi connectivity index (χ3n) is 4.59. The number of aromatic amines is 1. The number of amides is 1. The van der Waals surface area contributed by atoms with Crippen LogP contribution in [0.2, 0.25) is 0 Å². The van der Waals surface area contributed by atoms with Gasteiger partial charge >= 0.3 is 0 Å². The van der Waals surface area contributed by atoms with Crippen molar-refractivity contribution in [1.29, 1.82) is 0 Å². The van der Waals surface area contributed by atoms with Gasteiger partial charge in [0.2, 0.25) is 11.1 Å². The van der Waals surface area contributed by atoms with Crippen LogP contribution in [0.4, 0.5) is 21.7 Å². The monoisotopic (exact) mass is 460 g/mol. The van der Waals surface area contributed by atoms with Crippen LogP contribution in [-0.4, -0.2) is 35.7 Å². The van der Waals surface area contributed by atoms with Gasteiger partial charge in [-0.05, 0) is 67.2 Å². The Morgan fingerprint density at radius 1 is 1.09 bits per heavy atom. The molecular formula is C22H17FN8OS. The highest BCUT2D eigenvalue weighted by Gasteiger charge is 2.12. The van der Waals surface area contributed by atoms with E-state index >= 15 is 0 Å². The SMILES string of the molecule is Cc1cc(Nc2nc(Sc3ccc(NC(=O)c4cccc(F)n4)cc3)nn3cccc23)n[nH]1. The number of hydrogen-bond acceptors (Lipinski definition) is 7. The van der Waals surface area contributed by atoms with Crippen molar-refractivity contribution in [3.05, 3.63) is 84.2 Å². The number of H-pyrrole nitrogens is 1. The largest absolute Gasteiger partial charge is 0.322 e. The van der Waals surface area contributed by atoms with Crippen molar-refractivity contribution in [2.75, 3.05) is 10.6 Å². The topological polar surface area (TPSA) is 113 Å². The average Bonchev–Trinajstić information content (AvgIpc) is 3.44. The third kappa shape index (κ3) is 4.67. The number of aromatic nitrogens is 6. The van der Waals surface area contributed by atoms with Gasteiger partial charge in [0.15, 0.2) is 11.6 Å². The maximum Gasteiger partial charge on any atom is 0.274 e. The molecule has 5 aromatic rings. The first-order valence-corrected chi connectivity index (χ1v) is 10.7. The maximum absolute atomic E-state index is 13.2. The molecule has 5 rings (SSSR count). The summed E-state index contributed by atoms with van der Waals surface area (Å²) in [6.07, 6.45) is 1.85. The number of hydrogen-bond donors (Lipinski definition) is 3. The predicted octanol–water partition coefficient (Wildman–Crippen LogP) is 4.44. The number of halogens is 1. The van der Waals surface area contributed by atoms with Crippen molar-refractivity contribution >= 4 is 40.5 Å². The van der Waals surface area contributed by atoms with Crippen LogP contribution in [0.5, 0.6) is 0 Å². The van der Waals surface area contributed by atoms with Crippen molar-refractivity contribution in [1.82, 2.24) is 29.8 Å². The van der Waals surface area contributed by atoms with Gasteiger partial charge in [0.05, 0.1) is 0 Å². The highest BCUT2D eigenvalue weighted by Crippen LogP contribution is 2.29. The molecule has 0 aliphatic rings. The fourth-order valence-electron chi connectivity index (χ4n) is 3.09. The zero-order chi connectivity index (χ0) is 22.8. The van der Waals surface area contributed by atoms with Crippen molar-refractivity contribution in [3.63, 3.8) is 0 Å². The Hall–Kier alpha value is -4.25. The zero-order valence-corrected chi connectivity index (χ0v) is 18.1. The molecular weight excluding hydrogens is 443 g/mol. The molecule has 0 spiro atoms. The average molecular weight is 460 g/mol. The molecule has 0 radical (unpaired) electrons. The summed E-state index contributed by atoms with van der Waals surface area (Å²) in [4.78, 5) is 21.4. The lowest BCUT2D eigenvalue weighted by Gasteiger charge is -2.08. The number of carbonyl (C=O) groups excluding carboxylic acids is 1. The van der Waals surface area contributed by atoms with Crippen LogP contribution < -0.4 is 10.6 Å². The van der Waals surface area contributed by atoms with E-state index in [1.165, 1.54) is 30.0 Å². The van der Waals surface area contributed by atoms with E-state index in [-0.39, 0.29) is 5.69 Å². The molecule has 164 valence electrons. The molecule has 0 unspecified atom stereocenters. The number of pyridine rings is 1. The summed E-state index contributed by atoms with van der Waals surface area (Å²) in [5, 5.41) is 18.1. The van der Waals surface area contributed by atoms with E-state index in [9.17, 15) is 9.18 Å². The predicted molar refractivity (Wildman–Crippen MR) is 122 cm³/mol. The van der Waals surface area contributed by atoms with Crippen LogP contribution in [0.15, 0.2) is 76.9 Å². The van der Waals surface area contributed by atoms with Crippen molar-refractivity contribution in [2.45, 2.75) is 17.0 Å². The maximum atomic E-state index is 13.2. The summed E-state index contributed by atoms with van der Waals surface area (Å²) in [7, 11) is 0. The second-order valence-corrected chi connectivity index (χ2v) is 8.11. The summed E-state index contributed by atoms with van der Waals surface area (Å²) >= 11 is 1.38. The van der Waals surface area contributed by atoms with E-state index in [2.05, 4.69) is 35.9 Å². The number of benzene rings is 1. The fourth-order valence-corrected chi connectivity index (χ4v) is 3.84. The van der Waals surface area contributed by atoms with Crippen LogP contribution in [0.25, 0.3) is 5.52 Å². The molecule has 1 amide bonds. The van der Waals surface area contributed by atoms with E-state index in [0.717, 1.165) is 16.1 Å². The first-order valence-electron chi connectivity index (χ1n) is 9.90. The molecule has 0 aliphatic carbocycles.